The SMILES string of the molecule is Cc1c(F)c(F)c(F)c(OC(=O)O)c1F. The Morgan fingerprint density at radius 1 is 1.07 bits per heavy atom. The van der Waals surface area contributed by atoms with Gasteiger partial charge in [-0.3, -0.25) is 0 Å². The third-order valence-electron chi connectivity index (χ3n) is 1.63. The number of hydrogen-bond acceptors (Lipinski definition) is 2. The highest BCUT2D eigenvalue weighted by Gasteiger charge is 2.25. The second-order valence-electron chi connectivity index (χ2n) is 2.58. The summed E-state index contributed by atoms with van der Waals surface area (Å²) in [5.41, 5.74) is -0.856. The second-order valence-corrected chi connectivity index (χ2v) is 2.58. The van der Waals surface area contributed by atoms with Gasteiger partial charge < -0.3 is 9.84 Å². The lowest BCUT2D eigenvalue weighted by molar-refractivity contribution is 0.139. The fourth-order valence-corrected chi connectivity index (χ4v) is 0.901. The van der Waals surface area contributed by atoms with Gasteiger partial charge in [0.15, 0.2) is 17.5 Å². The van der Waals surface area contributed by atoms with Crippen molar-refractivity contribution in [3.05, 3.63) is 28.8 Å². The molecule has 7 heteroatoms. The van der Waals surface area contributed by atoms with Crippen molar-refractivity contribution < 1.29 is 32.2 Å². The van der Waals surface area contributed by atoms with Crippen LogP contribution in [0.3, 0.4) is 0 Å². The summed E-state index contributed by atoms with van der Waals surface area (Å²) in [6, 6.07) is 0. The average molecular weight is 224 g/mol. The summed E-state index contributed by atoms with van der Waals surface area (Å²) in [5, 5.41) is 8.10. The van der Waals surface area contributed by atoms with E-state index in [1.165, 1.54) is 0 Å². The van der Waals surface area contributed by atoms with Crippen molar-refractivity contribution in [2.45, 2.75) is 6.92 Å². The molecule has 0 spiro atoms. The highest BCUT2D eigenvalue weighted by atomic mass is 19.2. The molecular weight excluding hydrogens is 220 g/mol. The lowest BCUT2D eigenvalue weighted by Gasteiger charge is -2.07. The molecule has 0 bridgehead atoms. The van der Waals surface area contributed by atoms with E-state index in [1.807, 2.05) is 0 Å². The number of hydrogen-bond donors (Lipinski definition) is 1. The number of rotatable bonds is 1. The van der Waals surface area contributed by atoms with Crippen LogP contribution >= 0.6 is 0 Å². The van der Waals surface area contributed by atoms with Crippen LogP contribution in [0.4, 0.5) is 22.4 Å². The Labute approximate surface area is 80.9 Å². The van der Waals surface area contributed by atoms with Crippen LogP contribution in [0.5, 0.6) is 5.75 Å². The topological polar surface area (TPSA) is 46.5 Å². The fourth-order valence-electron chi connectivity index (χ4n) is 0.901. The van der Waals surface area contributed by atoms with Gasteiger partial charge in [0.1, 0.15) is 0 Å². The Kier molecular flexibility index (Phi) is 2.83. The molecule has 0 atom stereocenters. The molecule has 1 aromatic rings. The Morgan fingerprint density at radius 2 is 1.60 bits per heavy atom. The number of halogens is 4. The summed E-state index contributed by atoms with van der Waals surface area (Å²) < 4.78 is 54.9. The first-order valence-electron chi connectivity index (χ1n) is 3.59. The van der Waals surface area contributed by atoms with Crippen molar-refractivity contribution in [1.82, 2.24) is 0 Å². The molecule has 15 heavy (non-hydrogen) atoms. The van der Waals surface area contributed by atoms with Crippen molar-refractivity contribution in [2.75, 3.05) is 0 Å². The van der Waals surface area contributed by atoms with Crippen LogP contribution in [0.15, 0.2) is 0 Å². The van der Waals surface area contributed by atoms with E-state index in [4.69, 9.17) is 5.11 Å². The van der Waals surface area contributed by atoms with Gasteiger partial charge in [-0.15, -0.1) is 0 Å². The zero-order chi connectivity index (χ0) is 11.7. The molecule has 82 valence electrons. The minimum absolute atomic E-state index is 0.821. The quantitative estimate of drug-likeness (QED) is 0.262. The van der Waals surface area contributed by atoms with Gasteiger partial charge >= 0.3 is 6.16 Å². The third-order valence-corrected chi connectivity index (χ3v) is 1.63. The maximum atomic E-state index is 13.0. The van der Waals surface area contributed by atoms with Crippen LogP contribution in [0, 0.1) is 30.2 Å². The standard InChI is InChI=1S/C8H4F4O3/c1-2-3(9)5(11)6(12)7(4(2)10)15-8(13)14/h1H3,(H,13,14). The van der Waals surface area contributed by atoms with Crippen molar-refractivity contribution in [3.8, 4) is 5.75 Å². The zero-order valence-electron chi connectivity index (χ0n) is 7.28. The molecule has 0 radical (unpaired) electrons. The van der Waals surface area contributed by atoms with Gasteiger partial charge in [-0.05, 0) is 6.92 Å². The molecule has 0 aromatic heterocycles. The van der Waals surface area contributed by atoms with E-state index < -0.39 is 40.7 Å². The highest BCUT2D eigenvalue weighted by Crippen LogP contribution is 2.29. The maximum Gasteiger partial charge on any atom is 0.511 e. The minimum Gasteiger partial charge on any atom is -0.449 e. The molecule has 1 N–H and O–H groups in total. The Balaban J connectivity index is 3.45. The summed E-state index contributed by atoms with van der Waals surface area (Å²) in [7, 11) is 0. The molecule has 0 unspecified atom stereocenters. The fraction of sp³-hybridized carbons (Fsp3) is 0.125. The summed E-state index contributed by atoms with van der Waals surface area (Å²) in [6.07, 6.45) is -2.03. The number of carbonyl (C=O) groups is 1. The highest BCUT2D eigenvalue weighted by molar-refractivity contribution is 5.61. The molecule has 0 aliphatic rings. The number of ether oxygens (including phenoxy) is 1. The minimum atomic E-state index is -2.03. The lowest BCUT2D eigenvalue weighted by Crippen LogP contribution is -2.10. The molecule has 1 rings (SSSR count). The molecule has 0 heterocycles. The molecular formula is C8H4F4O3. The maximum absolute atomic E-state index is 13.0. The molecule has 0 saturated carbocycles. The van der Waals surface area contributed by atoms with Gasteiger partial charge in [-0.25, -0.2) is 18.0 Å². The van der Waals surface area contributed by atoms with Crippen molar-refractivity contribution >= 4 is 6.16 Å². The normalized spacial score (nSPS) is 10.2. The van der Waals surface area contributed by atoms with E-state index in [0.29, 0.717) is 0 Å². The third kappa shape index (κ3) is 1.85. The van der Waals surface area contributed by atoms with E-state index >= 15 is 0 Å². The van der Waals surface area contributed by atoms with Crippen molar-refractivity contribution in [2.24, 2.45) is 0 Å². The van der Waals surface area contributed by atoms with Crippen LogP contribution in [0.1, 0.15) is 5.56 Å². The largest absolute Gasteiger partial charge is 0.511 e. The monoisotopic (exact) mass is 224 g/mol. The summed E-state index contributed by atoms with van der Waals surface area (Å²) in [4.78, 5) is 10.0. The molecule has 0 saturated heterocycles. The van der Waals surface area contributed by atoms with E-state index in [1.54, 1.807) is 0 Å². The average Bonchev–Trinajstić information content (AvgIpc) is 2.18. The lowest BCUT2D eigenvalue weighted by atomic mass is 10.2. The van der Waals surface area contributed by atoms with Crippen molar-refractivity contribution in [3.63, 3.8) is 0 Å². The smallest absolute Gasteiger partial charge is 0.449 e. The molecule has 1 aromatic carbocycles. The Bertz CT molecular complexity index is 401. The van der Waals surface area contributed by atoms with Gasteiger partial charge in [0, 0.05) is 5.56 Å². The molecule has 0 amide bonds. The number of benzene rings is 1. The summed E-state index contributed by atoms with van der Waals surface area (Å²) in [6.45, 7) is 0.821. The van der Waals surface area contributed by atoms with E-state index in [0.717, 1.165) is 6.92 Å². The molecule has 0 fully saturated rings. The second kappa shape index (κ2) is 3.76. The van der Waals surface area contributed by atoms with Crippen LogP contribution in [-0.2, 0) is 0 Å². The first kappa shape index (κ1) is 11.3. The van der Waals surface area contributed by atoms with Crippen molar-refractivity contribution in [1.29, 1.82) is 0 Å². The zero-order valence-corrected chi connectivity index (χ0v) is 7.28. The predicted molar refractivity (Wildman–Crippen MR) is 39.7 cm³/mol. The molecule has 3 nitrogen and oxygen atoms in total. The summed E-state index contributed by atoms with van der Waals surface area (Å²) in [5.74, 6) is -8.78. The van der Waals surface area contributed by atoms with E-state index in [9.17, 15) is 22.4 Å². The van der Waals surface area contributed by atoms with Crippen LogP contribution in [0.2, 0.25) is 0 Å². The van der Waals surface area contributed by atoms with Gasteiger partial charge in [0.2, 0.25) is 11.6 Å². The first-order valence-corrected chi connectivity index (χ1v) is 3.59. The molecule has 0 aliphatic carbocycles. The van der Waals surface area contributed by atoms with Crippen LogP contribution in [0.25, 0.3) is 0 Å². The predicted octanol–water partition coefficient (Wildman–Crippen LogP) is 2.61. The van der Waals surface area contributed by atoms with Gasteiger partial charge in [0.25, 0.3) is 0 Å². The van der Waals surface area contributed by atoms with Gasteiger partial charge in [-0.2, -0.15) is 4.39 Å². The van der Waals surface area contributed by atoms with Crippen LogP contribution < -0.4 is 4.74 Å². The van der Waals surface area contributed by atoms with Gasteiger partial charge in [-0.1, -0.05) is 0 Å². The Hall–Kier alpha value is -1.79. The van der Waals surface area contributed by atoms with Gasteiger partial charge in [0.05, 0.1) is 0 Å². The van der Waals surface area contributed by atoms with Crippen LogP contribution in [-0.4, -0.2) is 11.3 Å². The Morgan fingerprint density at radius 3 is 2.07 bits per heavy atom. The van der Waals surface area contributed by atoms with E-state index in [-0.39, 0.29) is 0 Å². The first-order chi connectivity index (χ1) is 6.86. The summed E-state index contributed by atoms with van der Waals surface area (Å²) >= 11 is 0. The molecule has 0 aliphatic heterocycles. The van der Waals surface area contributed by atoms with E-state index in [2.05, 4.69) is 4.74 Å². The number of carboxylic acid groups (broad SMARTS) is 1.